The minimum absolute atomic E-state index is 0.413. The van der Waals surface area contributed by atoms with Crippen LogP contribution in [0.2, 0.25) is 0 Å². The van der Waals surface area contributed by atoms with Gasteiger partial charge in [-0.2, -0.15) is 0 Å². The number of thioether (sulfide) groups is 1. The number of amidine groups is 1. The molecular formula is C14H28N2S. The molecule has 0 aromatic rings. The van der Waals surface area contributed by atoms with Gasteiger partial charge >= 0.3 is 0 Å². The van der Waals surface area contributed by atoms with Crippen LogP contribution in [-0.4, -0.2) is 23.0 Å². The SMILES string of the molecule is CCCC(CC)NC1=NCC(CC(C)(C)C)S1. The van der Waals surface area contributed by atoms with E-state index in [0.717, 1.165) is 6.54 Å². The highest BCUT2D eigenvalue weighted by Crippen LogP contribution is 2.31. The van der Waals surface area contributed by atoms with E-state index in [0.29, 0.717) is 16.7 Å². The first-order chi connectivity index (χ1) is 7.94. The fraction of sp³-hybridized carbons (Fsp3) is 0.929. The van der Waals surface area contributed by atoms with Gasteiger partial charge in [0.05, 0.1) is 6.54 Å². The van der Waals surface area contributed by atoms with Gasteiger partial charge in [0.2, 0.25) is 0 Å². The molecule has 2 nitrogen and oxygen atoms in total. The lowest BCUT2D eigenvalue weighted by atomic mass is 9.90. The van der Waals surface area contributed by atoms with E-state index >= 15 is 0 Å². The van der Waals surface area contributed by atoms with Crippen molar-refractivity contribution in [2.45, 2.75) is 71.6 Å². The highest BCUT2D eigenvalue weighted by Gasteiger charge is 2.25. The van der Waals surface area contributed by atoms with Crippen LogP contribution in [-0.2, 0) is 0 Å². The van der Waals surface area contributed by atoms with Gasteiger partial charge in [-0.3, -0.25) is 4.99 Å². The average molecular weight is 256 g/mol. The summed E-state index contributed by atoms with van der Waals surface area (Å²) in [5.74, 6) is 0. The van der Waals surface area contributed by atoms with Gasteiger partial charge in [0, 0.05) is 11.3 Å². The van der Waals surface area contributed by atoms with E-state index in [-0.39, 0.29) is 0 Å². The summed E-state index contributed by atoms with van der Waals surface area (Å²) in [6.07, 6.45) is 4.93. The van der Waals surface area contributed by atoms with E-state index in [4.69, 9.17) is 0 Å². The van der Waals surface area contributed by atoms with E-state index in [2.05, 4.69) is 44.9 Å². The zero-order valence-corrected chi connectivity index (χ0v) is 12.9. The Morgan fingerprint density at radius 3 is 2.65 bits per heavy atom. The number of nitrogens with zero attached hydrogens (tertiary/aromatic N) is 1. The molecule has 0 aromatic heterocycles. The summed E-state index contributed by atoms with van der Waals surface area (Å²) < 4.78 is 0. The second-order valence-corrected chi connectivity index (χ2v) is 7.48. The molecule has 0 saturated heterocycles. The Hall–Kier alpha value is -0.180. The number of aliphatic imine (C=N–C) groups is 1. The fourth-order valence-corrected chi connectivity index (χ4v) is 3.62. The summed E-state index contributed by atoms with van der Waals surface area (Å²) in [6, 6.07) is 0.611. The lowest BCUT2D eigenvalue weighted by Crippen LogP contribution is -2.32. The number of nitrogens with one attached hydrogen (secondary N) is 1. The zero-order valence-electron chi connectivity index (χ0n) is 12.0. The summed E-state index contributed by atoms with van der Waals surface area (Å²) in [6.45, 7) is 12.4. The quantitative estimate of drug-likeness (QED) is 0.802. The van der Waals surface area contributed by atoms with E-state index in [9.17, 15) is 0 Å². The monoisotopic (exact) mass is 256 g/mol. The number of hydrogen-bond acceptors (Lipinski definition) is 3. The van der Waals surface area contributed by atoms with Crippen molar-refractivity contribution in [2.24, 2.45) is 10.4 Å². The van der Waals surface area contributed by atoms with Crippen LogP contribution in [0.25, 0.3) is 0 Å². The van der Waals surface area contributed by atoms with E-state index in [1.807, 2.05) is 11.8 Å². The van der Waals surface area contributed by atoms with Crippen LogP contribution in [0, 0.1) is 5.41 Å². The molecule has 0 spiro atoms. The van der Waals surface area contributed by atoms with Crippen LogP contribution in [0.5, 0.6) is 0 Å². The van der Waals surface area contributed by atoms with Gasteiger partial charge < -0.3 is 5.32 Å². The number of rotatable bonds is 5. The topological polar surface area (TPSA) is 24.4 Å². The van der Waals surface area contributed by atoms with Crippen molar-refractivity contribution in [1.29, 1.82) is 0 Å². The standard InChI is InChI=1S/C14H28N2S/c1-6-8-11(7-2)16-13-15-10-12(17-13)9-14(3,4)5/h11-12H,6-10H2,1-5H3,(H,15,16). The van der Waals surface area contributed by atoms with E-state index in [1.165, 1.54) is 30.9 Å². The Balaban J connectivity index is 2.34. The number of hydrogen-bond donors (Lipinski definition) is 1. The van der Waals surface area contributed by atoms with Crippen LogP contribution < -0.4 is 5.32 Å². The minimum atomic E-state index is 0.413. The summed E-state index contributed by atoms with van der Waals surface area (Å²) in [4.78, 5) is 4.64. The highest BCUT2D eigenvalue weighted by molar-refractivity contribution is 8.14. The Labute approximate surface area is 111 Å². The van der Waals surface area contributed by atoms with Crippen molar-refractivity contribution < 1.29 is 0 Å². The van der Waals surface area contributed by atoms with Crippen molar-refractivity contribution >= 4 is 16.9 Å². The summed E-state index contributed by atoms with van der Waals surface area (Å²) in [7, 11) is 0. The average Bonchev–Trinajstić information content (AvgIpc) is 2.62. The molecule has 0 amide bonds. The first kappa shape index (κ1) is 14.9. The molecular weight excluding hydrogens is 228 g/mol. The molecule has 1 aliphatic rings. The molecule has 1 rings (SSSR count). The lowest BCUT2D eigenvalue weighted by Gasteiger charge is -2.22. The molecule has 2 atom stereocenters. The Bertz CT molecular complexity index is 255. The third-order valence-corrected chi connectivity index (χ3v) is 4.13. The largest absolute Gasteiger partial charge is 0.362 e. The normalized spacial score (nSPS) is 22.4. The Kier molecular flexibility index (Phi) is 5.84. The molecule has 17 heavy (non-hydrogen) atoms. The molecule has 1 heterocycles. The highest BCUT2D eigenvalue weighted by atomic mass is 32.2. The van der Waals surface area contributed by atoms with Crippen LogP contribution >= 0.6 is 11.8 Å². The Morgan fingerprint density at radius 1 is 1.41 bits per heavy atom. The van der Waals surface area contributed by atoms with Gasteiger partial charge in [0.15, 0.2) is 5.17 Å². The zero-order chi connectivity index (χ0) is 12.9. The van der Waals surface area contributed by atoms with Gasteiger partial charge in [0.25, 0.3) is 0 Å². The van der Waals surface area contributed by atoms with Crippen LogP contribution in [0.3, 0.4) is 0 Å². The van der Waals surface area contributed by atoms with Crippen molar-refractivity contribution in [3.63, 3.8) is 0 Å². The van der Waals surface area contributed by atoms with Crippen molar-refractivity contribution in [2.75, 3.05) is 6.54 Å². The third-order valence-electron chi connectivity index (χ3n) is 3.01. The molecule has 1 aliphatic heterocycles. The molecule has 1 N–H and O–H groups in total. The maximum Gasteiger partial charge on any atom is 0.157 e. The first-order valence-corrected chi connectivity index (χ1v) is 7.80. The summed E-state index contributed by atoms with van der Waals surface area (Å²) in [5.41, 5.74) is 0.413. The second kappa shape index (κ2) is 6.67. The molecule has 2 unspecified atom stereocenters. The molecule has 0 radical (unpaired) electrons. The minimum Gasteiger partial charge on any atom is -0.362 e. The molecule has 0 bridgehead atoms. The maximum atomic E-state index is 4.64. The van der Waals surface area contributed by atoms with Gasteiger partial charge in [-0.15, -0.1) is 0 Å². The lowest BCUT2D eigenvalue weighted by molar-refractivity contribution is 0.375. The van der Waals surface area contributed by atoms with E-state index in [1.54, 1.807) is 0 Å². The van der Waals surface area contributed by atoms with Crippen LogP contribution in [0.15, 0.2) is 4.99 Å². The van der Waals surface area contributed by atoms with Crippen molar-refractivity contribution in [3.05, 3.63) is 0 Å². The van der Waals surface area contributed by atoms with Crippen molar-refractivity contribution in [3.8, 4) is 0 Å². The molecule has 0 aliphatic carbocycles. The van der Waals surface area contributed by atoms with Crippen LogP contribution in [0.1, 0.15) is 60.3 Å². The van der Waals surface area contributed by atoms with E-state index < -0.39 is 0 Å². The summed E-state index contributed by atoms with van der Waals surface area (Å²) >= 11 is 1.95. The Morgan fingerprint density at radius 2 is 2.12 bits per heavy atom. The third kappa shape index (κ3) is 5.80. The predicted octanol–water partition coefficient (Wildman–Crippen LogP) is 4.06. The van der Waals surface area contributed by atoms with Gasteiger partial charge in [0.1, 0.15) is 0 Å². The van der Waals surface area contributed by atoms with Gasteiger partial charge in [-0.1, -0.05) is 52.8 Å². The molecule has 100 valence electrons. The smallest absolute Gasteiger partial charge is 0.157 e. The maximum absolute atomic E-state index is 4.64. The molecule has 3 heteroatoms. The van der Waals surface area contributed by atoms with Crippen LogP contribution in [0.4, 0.5) is 0 Å². The van der Waals surface area contributed by atoms with Crippen molar-refractivity contribution in [1.82, 2.24) is 5.32 Å². The molecule has 0 aromatic carbocycles. The summed E-state index contributed by atoms with van der Waals surface area (Å²) in [5, 5.41) is 5.45. The fourth-order valence-electron chi connectivity index (χ4n) is 2.19. The molecule has 0 fully saturated rings. The van der Waals surface area contributed by atoms with Gasteiger partial charge in [-0.05, 0) is 24.7 Å². The first-order valence-electron chi connectivity index (χ1n) is 6.92. The second-order valence-electron chi connectivity index (χ2n) is 6.19. The molecule has 0 saturated carbocycles. The van der Waals surface area contributed by atoms with Gasteiger partial charge in [-0.25, -0.2) is 0 Å². The predicted molar refractivity (Wildman–Crippen MR) is 79.9 cm³/mol.